The quantitative estimate of drug-likeness (QED) is 0.490. The van der Waals surface area contributed by atoms with Crippen LogP contribution in [0.15, 0.2) is 60.7 Å². The van der Waals surface area contributed by atoms with Gasteiger partial charge in [-0.25, -0.2) is 0 Å². The van der Waals surface area contributed by atoms with Gasteiger partial charge in [-0.1, -0.05) is 18.2 Å². The second-order valence-electron chi connectivity index (χ2n) is 9.56. The molecule has 0 radical (unpaired) electrons. The molecule has 2 aromatic rings. The number of methoxy groups -OCH3 is 2. The summed E-state index contributed by atoms with van der Waals surface area (Å²) in [4.78, 5) is 43.5. The SMILES string of the molecule is COc1ccc(N(CN2C(=O)[C@H]3[C@@H]4C=C[C@@H]([C@H]5C[C@H]45)[C@@H]3C2=O)C(=O)c2cccc(OC)c2)cc1. The minimum atomic E-state index is -0.316. The number of ether oxygens (including phenoxy) is 2. The molecule has 2 bridgehead atoms. The van der Waals surface area contributed by atoms with Gasteiger partial charge in [0.15, 0.2) is 0 Å². The van der Waals surface area contributed by atoms with Crippen molar-refractivity contribution in [2.24, 2.45) is 35.5 Å². The third kappa shape index (κ3) is 3.06. The molecule has 174 valence electrons. The molecule has 34 heavy (non-hydrogen) atoms. The Morgan fingerprint density at radius 3 is 2.12 bits per heavy atom. The van der Waals surface area contributed by atoms with Gasteiger partial charge in [0.25, 0.3) is 5.91 Å². The van der Waals surface area contributed by atoms with E-state index >= 15 is 0 Å². The average Bonchev–Trinajstić information content (AvgIpc) is 3.67. The maximum Gasteiger partial charge on any atom is 0.259 e. The second-order valence-corrected chi connectivity index (χ2v) is 9.56. The van der Waals surface area contributed by atoms with Gasteiger partial charge in [0.2, 0.25) is 11.8 Å². The number of amides is 3. The molecular formula is C27H26N2O5. The van der Waals surface area contributed by atoms with Crippen molar-refractivity contribution in [3.63, 3.8) is 0 Å². The standard InChI is InChI=1S/C27H26N2O5/c1-33-17-8-6-16(7-9-17)28(25(30)15-4-3-5-18(12-15)34-2)14-29-26(31)23-19-10-11-20(22-13-21(19)22)24(23)27(29)32/h3-12,19-24H,13-14H2,1-2H3/t19-,20+,21-,22-,23+,24+/m1/s1. The molecule has 2 aromatic carbocycles. The molecule has 0 unspecified atom stereocenters. The molecule has 7 rings (SSSR count). The van der Waals surface area contributed by atoms with Crippen LogP contribution in [0.3, 0.4) is 0 Å². The minimum absolute atomic E-state index is 0.123. The third-order valence-corrected chi connectivity index (χ3v) is 7.98. The smallest absolute Gasteiger partial charge is 0.259 e. The maximum absolute atomic E-state index is 13.7. The fourth-order valence-corrected chi connectivity index (χ4v) is 6.24. The summed E-state index contributed by atoms with van der Waals surface area (Å²) < 4.78 is 10.5. The Labute approximate surface area is 197 Å². The molecular weight excluding hydrogens is 432 g/mol. The van der Waals surface area contributed by atoms with Crippen molar-refractivity contribution in [1.29, 1.82) is 0 Å². The second kappa shape index (κ2) is 7.72. The number of carbonyl (C=O) groups is 3. The van der Waals surface area contributed by atoms with Crippen LogP contribution in [0.1, 0.15) is 16.8 Å². The highest BCUT2D eigenvalue weighted by Gasteiger charge is 2.67. The minimum Gasteiger partial charge on any atom is -0.497 e. The molecule has 1 aliphatic heterocycles. The van der Waals surface area contributed by atoms with E-state index in [-0.39, 0.29) is 48.1 Å². The van der Waals surface area contributed by atoms with Gasteiger partial charge in [-0.2, -0.15) is 0 Å². The first-order valence-electron chi connectivity index (χ1n) is 11.7. The van der Waals surface area contributed by atoms with Gasteiger partial charge in [-0.05, 0) is 72.6 Å². The van der Waals surface area contributed by atoms with E-state index in [0.29, 0.717) is 34.6 Å². The summed E-state index contributed by atoms with van der Waals surface area (Å²) >= 11 is 0. The van der Waals surface area contributed by atoms with Crippen LogP contribution in [-0.2, 0) is 9.59 Å². The first-order valence-corrected chi connectivity index (χ1v) is 11.7. The summed E-state index contributed by atoms with van der Waals surface area (Å²) in [6.07, 6.45) is 5.41. The van der Waals surface area contributed by atoms with Crippen molar-refractivity contribution in [1.82, 2.24) is 4.90 Å². The molecule has 6 atom stereocenters. The largest absolute Gasteiger partial charge is 0.497 e. The van der Waals surface area contributed by atoms with Gasteiger partial charge in [0.05, 0.1) is 26.1 Å². The maximum atomic E-state index is 13.7. The summed E-state index contributed by atoms with van der Waals surface area (Å²) in [7, 11) is 3.12. The number of hydrogen-bond donors (Lipinski definition) is 0. The van der Waals surface area contributed by atoms with E-state index in [1.165, 1.54) is 9.80 Å². The van der Waals surface area contributed by atoms with Crippen molar-refractivity contribution in [3.05, 3.63) is 66.2 Å². The first-order chi connectivity index (χ1) is 16.5. The zero-order valence-corrected chi connectivity index (χ0v) is 19.1. The number of nitrogens with zero attached hydrogens (tertiary/aromatic N) is 2. The fraction of sp³-hybridized carbons (Fsp3) is 0.370. The lowest BCUT2D eigenvalue weighted by molar-refractivity contribution is -0.140. The molecule has 7 heteroatoms. The Morgan fingerprint density at radius 1 is 0.912 bits per heavy atom. The topological polar surface area (TPSA) is 76.2 Å². The lowest BCUT2D eigenvalue weighted by atomic mass is 9.63. The van der Waals surface area contributed by atoms with Gasteiger partial charge < -0.3 is 9.47 Å². The van der Waals surface area contributed by atoms with E-state index in [4.69, 9.17) is 9.47 Å². The molecule has 3 amide bonds. The van der Waals surface area contributed by atoms with Crippen LogP contribution in [0.25, 0.3) is 0 Å². The number of rotatable bonds is 6. The highest BCUT2D eigenvalue weighted by molar-refractivity contribution is 6.10. The van der Waals surface area contributed by atoms with Crippen LogP contribution in [-0.4, -0.2) is 43.5 Å². The Balaban J connectivity index is 1.34. The number of likely N-dealkylation sites (tertiary alicyclic amines) is 1. The average molecular weight is 459 g/mol. The van der Waals surface area contributed by atoms with E-state index in [1.807, 2.05) is 0 Å². The van der Waals surface area contributed by atoms with Crippen LogP contribution >= 0.6 is 0 Å². The lowest BCUT2D eigenvalue weighted by Gasteiger charge is -2.37. The van der Waals surface area contributed by atoms with Crippen LogP contribution in [0, 0.1) is 35.5 Å². The van der Waals surface area contributed by atoms with Crippen LogP contribution in [0.5, 0.6) is 11.5 Å². The summed E-state index contributed by atoms with van der Waals surface area (Å²) in [6, 6.07) is 13.9. The molecule has 1 heterocycles. The van der Waals surface area contributed by atoms with Gasteiger partial charge in [0.1, 0.15) is 18.2 Å². The van der Waals surface area contributed by atoms with Crippen molar-refractivity contribution in [2.45, 2.75) is 6.42 Å². The van der Waals surface area contributed by atoms with Crippen LogP contribution < -0.4 is 14.4 Å². The van der Waals surface area contributed by atoms with E-state index in [0.717, 1.165) is 6.42 Å². The number of hydrogen-bond acceptors (Lipinski definition) is 5. The molecule has 7 nitrogen and oxygen atoms in total. The highest BCUT2D eigenvalue weighted by atomic mass is 16.5. The molecule has 2 saturated carbocycles. The Morgan fingerprint density at radius 2 is 1.53 bits per heavy atom. The predicted molar refractivity (Wildman–Crippen MR) is 124 cm³/mol. The fourth-order valence-electron chi connectivity index (χ4n) is 6.24. The van der Waals surface area contributed by atoms with E-state index in [2.05, 4.69) is 12.2 Å². The molecule has 0 aromatic heterocycles. The normalized spacial score (nSPS) is 30.1. The number of imide groups is 1. The number of allylic oxidation sites excluding steroid dienone is 2. The van der Waals surface area contributed by atoms with E-state index in [1.54, 1.807) is 62.8 Å². The zero-order chi connectivity index (χ0) is 23.6. The number of benzene rings is 2. The van der Waals surface area contributed by atoms with E-state index < -0.39 is 0 Å². The Bertz CT molecular complexity index is 1170. The highest BCUT2D eigenvalue weighted by Crippen LogP contribution is 2.65. The van der Waals surface area contributed by atoms with Crippen LogP contribution in [0.2, 0.25) is 0 Å². The molecule has 1 saturated heterocycles. The van der Waals surface area contributed by atoms with Gasteiger partial charge in [-0.3, -0.25) is 24.2 Å². The van der Waals surface area contributed by atoms with Gasteiger partial charge in [-0.15, -0.1) is 0 Å². The summed E-state index contributed by atoms with van der Waals surface area (Å²) in [5.74, 6) is 1.34. The molecule has 0 spiro atoms. The molecule has 4 aliphatic carbocycles. The third-order valence-electron chi connectivity index (χ3n) is 7.98. The number of carbonyl (C=O) groups excluding carboxylic acids is 3. The monoisotopic (exact) mass is 458 g/mol. The molecule has 5 aliphatic rings. The van der Waals surface area contributed by atoms with Gasteiger partial charge in [0, 0.05) is 11.3 Å². The summed E-state index contributed by atoms with van der Waals surface area (Å²) in [6.45, 7) is -0.123. The van der Waals surface area contributed by atoms with Crippen molar-refractivity contribution >= 4 is 23.4 Å². The Kier molecular flexibility index (Phi) is 4.76. The Hall–Kier alpha value is -3.61. The number of anilines is 1. The summed E-state index contributed by atoms with van der Waals surface area (Å²) in [5.41, 5.74) is 0.989. The van der Waals surface area contributed by atoms with Crippen molar-refractivity contribution in [2.75, 3.05) is 25.8 Å². The predicted octanol–water partition coefficient (Wildman–Crippen LogP) is 3.36. The first kappa shape index (κ1) is 21.0. The van der Waals surface area contributed by atoms with Gasteiger partial charge >= 0.3 is 0 Å². The lowest BCUT2D eigenvalue weighted by Crippen LogP contribution is -2.45. The molecule has 3 fully saturated rings. The van der Waals surface area contributed by atoms with Crippen molar-refractivity contribution < 1.29 is 23.9 Å². The zero-order valence-electron chi connectivity index (χ0n) is 19.1. The summed E-state index contributed by atoms with van der Waals surface area (Å²) in [5, 5.41) is 0. The van der Waals surface area contributed by atoms with Crippen molar-refractivity contribution in [3.8, 4) is 11.5 Å². The van der Waals surface area contributed by atoms with Crippen LogP contribution in [0.4, 0.5) is 5.69 Å². The molecule has 0 N–H and O–H groups in total. The van der Waals surface area contributed by atoms with E-state index in [9.17, 15) is 14.4 Å².